The third-order valence-corrected chi connectivity index (χ3v) is 5.22. The molecular weight excluding hydrogens is 461 g/mol. The minimum absolute atomic E-state index is 0. The zero-order valence-corrected chi connectivity index (χ0v) is 19.4. The van der Waals surface area contributed by atoms with Crippen LogP contribution in [0.4, 0.5) is 5.82 Å². The molecule has 2 N–H and O–H groups in total. The van der Waals surface area contributed by atoms with Crippen molar-refractivity contribution in [3.8, 4) is 0 Å². The molecule has 28 heavy (non-hydrogen) atoms. The summed E-state index contributed by atoms with van der Waals surface area (Å²) >= 11 is 0. The van der Waals surface area contributed by atoms with E-state index in [-0.39, 0.29) is 24.0 Å². The van der Waals surface area contributed by atoms with E-state index < -0.39 is 0 Å². The maximum Gasteiger partial charge on any atom is 0.191 e. The van der Waals surface area contributed by atoms with E-state index in [0.29, 0.717) is 12.0 Å². The van der Waals surface area contributed by atoms with E-state index in [1.54, 1.807) is 0 Å². The zero-order valence-electron chi connectivity index (χ0n) is 17.1. The molecule has 0 aliphatic carbocycles. The van der Waals surface area contributed by atoms with Crippen LogP contribution in [0.25, 0.3) is 0 Å². The third kappa shape index (κ3) is 6.36. The minimum atomic E-state index is 0. The van der Waals surface area contributed by atoms with Crippen molar-refractivity contribution in [2.45, 2.75) is 38.6 Å². The van der Waals surface area contributed by atoms with Crippen molar-refractivity contribution in [2.75, 3.05) is 31.6 Å². The molecule has 0 bridgehead atoms. The van der Waals surface area contributed by atoms with Gasteiger partial charge in [-0.1, -0.05) is 42.8 Å². The van der Waals surface area contributed by atoms with Crippen molar-refractivity contribution in [1.82, 2.24) is 15.6 Å². The molecule has 152 valence electrons. The molecule has 2 heterocycles. The van der Waals surface area contributed by atoms with Gasteiger partial charge in [0.1, 0.15) is 5.82 Å². The lowest BCUT2D eigenvalue weighted by molar-refractivity contribution is 0.459. The zero-order chi connectivity index (χ0) is 19.1. The standard InChI is InChI=1S/C22H31N5.HI/c1-17-7-6-8-19(15-17)18(2)16-25-22(23-3)26-20-10-13-27(14-11-20)21-9-4-5-12-24-21;/h4-9,12,15,18,20H,10-11,13-14,16H2,1-3H3,(H2,23,25,26);1H. The SMILES string of the molecule is CN=C(NCC(C)c1cccc(C)c1)NC1CCN(c2ccccn2)CC1.I. The van der Waals surface area contributed by atoms with Crippen molar-refractivity contribution in [1.29, 1.82) is 0 Å². The highest BCUT2D eigenvalue weighted by Crippen LogP contribution is 2.18. The number of pyridine rings is 1. The summed E-state index contributed by atoms with van der Waals surface area (Å²) in [6, 6.07) is 15.3. The molecule has 1 aliphatic heterocycles. The molecule has 1 atom stereocenters. The Balaban J connectivity index is 0.00000280. The van der Waals surface area contributed by atoms with E-state index in [9.17, 15) is 0 Å². The predicted octanol–water partition coefficient (Wildman–Crippen LogP) is 3.95. The van der Waals surface area contributed by atoms with Crippen LogP contribution in [-0.2, 0) is 0 Å². The van der Waals surface area contributed by atoms with Crippen LogP contribution >= 0.6 is 24.0 Å². The molecule has 3 rings (SSSR count). The van der Waals surface area contributed by atoms with Crippen molar-refractivity contribution in [2.24, 2.45) is 4.99 Å². The van der Waals surface area contributed by atoms with Crippen LogP contribution < -0.4 is 15.5 Å². The van der Waals surface area contributed by atoms with Gasteiger partial charge in [-0.05, 0) is 43.4 Å². The molecule has 2 aromatic rings. The first-order chi connectivity index (χ1) is 13.2. The number of nitrogens with one attached hydrogen (secondary N) is 2. The highest BCUT2D eigenvalue weighted by Gasteiger charge is 2.20. The van der Waals surface area contributed by atoms with Crippen molar-refractivity contribution in [3.05, 3.63) is 59.8 Å². The molecule has 6 heteroatoms. The second-order valence-electron chi connectivity index (χ2n) is 7.36. The van der Waals surface area contributed by atoms with Gasteiger partial charge in [0.2, 0.25) is 0 Å². The van der Waals surface area contributed by atoms with Crippen LogP contribution in [-0.4, -0.2) is 43.7 Å². The smallest absolute Gasteiger partial charge is 0.191 e. The Morgan fingerprint density at radius 1 is 1.21 bits per heavy atom. The van der Waals surface area contributed by atoms with Crippen LogP contribution in [0.3, 0.4) is 0 Å². The molecule has 0 amide bonds. The van der Waals surface area contributed by atoms with Crippen LogP contribution in [0.5, 0.6) is 0 Å². The summed E-state index contributed by atoms with van der Waals surface area (Å²) < 4.78 is 0. The van der Waals surface area contributed by atoms with E-state index in [1.807, 2.05) is 25.4 Å². The van der Waals surface area contributed by atoms with Crippen LogP contribution in [0.1, 0.15) is 36.8 Å². The topological polar surface area (TPSA) is 52.6 Å². The Hall–Kier alpha value is -1.83. The lowest BCUT2D eigenvalue weighted by Crippen LogP contribution is -2.49. The first kappa shape index (κ1) is 22.5. The Labute approximate surface area is 186 Å². The van der Waals surface area contributed by atoms with Gasteiger partial charge in [0, 0.05) is 38.9 Å². The molecule has 1 aromatic heterocycles. The number of halogens is 1. The number of aryl methyl sites for hydroxylation is 1. The van der Waals surface area contributed by atoms with Crippen LogP contribution in [0, 0.1) is 6.92 Å². The number of aliphatic imine (C=N–C) groups is 1. The summed E-state index contributed by atoms with van der Waals surface area (Å²) in [5.41, 5.74) is 2.67. The fraction of sp³-hybridized carbons (Fsp3) is 0.455. The lowest BCUT2D eigenvalue weighted by atomic mass is 9.99. The number of hydrogen-bond acceptors (Lipinski definition) is 3. The van der Waals surface area contributed by atoms with Crippen molar-refractivity contribution >= 4 is 35.8 Å². The Bertz CT molecular complexity index is 742. The van der Waals surface area contributed by atoms with Crippen LogP contribution in [0.15, 0.2) is 53.7 Å². The van der Waals surface area contributed by atoms with Crippen LogP contribution in [0.2, 0.25) is 0 Å². The van der Waals surface area contributed by atoms with Crippen molar-refractivity contribution in [3.63, 3.8) is 0 Å². The molecule has 0 saturated carbocycles. The Morgan fingerprint density at radius 2 is 2.00 bits per heavy atom. The number of benzene rings is 1. The Morgan fingerprint density at radius 3 is 2.64 bits per heavy atom. The van der Waals surface area contributed by atoms with Gasteiger partial charge in [0.05, 0.1) is 0 Å². The first-order valence-electron chi connectivity index (χ1n) is 9.85. The van der Waals surface area contributed by atoms with Crippen molar-refractivity contribution < 1.29 is 0 Å². The van der Waals surface area contributed by atoms with E-state index in [4.69, 9.17) is 0 Å². The van der Waals surface area contributed by atoms with E-state index in [2.05, 4.69) is 69.7 Å². The quantitative estimate of drug-likeness (QED) is 0.377. The maximum atomic E-state index is 4.46. The molecular formula is C22H32IN5. The molecule has 1 unspecified atom stereocenters. The molecule has 1 aromatic carbocycles. The summed E-state index contributed by atoms with van der Waals surface area (Å²) in [6.45, 7) is 7.30. The number of hydrogen-bond donors (Lipinski definition) is 2. The molecule has 0 spiro atoms. The number of aromatic nitrogens is 1. The summed E-state index contributed by atoms with van der Waals surface area (Å²) in [4.78, 5) is 11.2. The molecule has 1 aliphatic rings. The van der Waals surface area contributed by atoms with Gasteiger partial charge >= 0.3 is 0 Å². The molecule has 1 saturated heterocycles. The highest BCUT2D eigenvalue weighted by molar-refractivity contribution is 14.0. The minimum Gasteiger partial charge on any atom is -0.356 e. The fourth-order valence-electron chi connectivity index (χ4n) is 3.53. The average Bonchev–Trinajstić information content (AvgIpc) is 2.72. The van der Waals surface area contributed by atoms with Gasteiger partial charge in [-0.25, -0.2) is 4.98 Å². The van der Waals surface area contributed by atoms with Gasteiger partial charge in [0.15, 0.2) is 5.96 Å². The molecule has 0 radical (unpaired) electrons. The Kier molecular flexibility index (Phi) is 9.02. The first-order valence-corrected chi connectivity index (χ1v) is 9.85. The maximum absolute atomic E-state index is 4.46. The normalized spacial score (nSPS) is 16.2. The van der Waals surface area contributed by atoms with Gasteiger partial charge in [-0.3, -0.25) is 4.99 Å². The molecule has 5 nitrogen and oxygen atoms in total. The summed E-state index contributed by atoms with van der Waals surface area (Å²) in [6.07, 6.45) is 4.04. The summed E-state index contributed by atoms with van der Waals surface area (Å²) in [5, 5.41) is 7.08. The second-order valence-corrected chi connectivity index (χ2v) is 7.36. The largest absolute Gasteiger partial charge is 0.356 e. The van der Waals surface area contributed by atoms with Gasteiger partial charge in [-0.2, -0.15) is 0 Å². The third-order valence-electron chi connectivity index (χ3n) is 5.22. The number of guanidine groups is 1. The van der Waals surface area contributed by atoms with Gasteiger partial charge in [0.25, 0.3) is 0 Å². The fourth-order valence-corrected chi connectivity index (χ4v) is 3.53. The number of nitrogens with zero attached hydrogens (tertiary/aromatic N) is 3. The highest BCUT2D eigenvalue weighted by atomic mass is 127. The van der Waals surface area contributed by atoms with Gasteiger partial charge < -0.3 is 15.5 Å². The van der Waals surface area contributed by atoms with E-state index in [0.717, 1.165) is 44.3 Å². The van der Waals surface area contributed by atoms with Gasteiger partial charge in [-0.15, -0.1) is 24.0 Å². The number of rotatable bonds is 5. The number of anilines is 1. The monoisotopic (exact) mass is 493 g/mol. The lowest BCUT2D eigenvalue weighted by Gasteiger charge is -2.34. The number of piperidine rings is 1. The second kappa shape index (κ2) is 11.2. The summed E-state index contributed by atoms with van der Waals surface area (Å²) in [5.74, 6) is 2.41. The van der Waals surface area contributed by atoms with E-state index in [1.165, 1.54) is 11.1 Å². The summed E-state index contributed by atoms with van der Waals surface area (Å²) in [7, 11) is 1.84. The molecule has 1 fully saturated rings. The predicted molar refractivity (Wildman–Crippen MR) is 129 cm³/mol. The van der Waals surface area contributed by atoms with E-state index >= 15 is 0 Å². The average molecular weight is 493 g/mol.